The Morgan fingerprint density at radius 1 is 1.24 bits per heavy atom. The van der Waals surface area contributed by atoms with Crippen LogP contribution in [-0.4, -0.2) is 84.0 Å². The Kier molecular flexibility index (Phi) is 7.08. The molecule has 0 aliphatic carbocycles. The number of benzene rings is 1. The van der Waals surface area contributed by atoms with Crippen molar-refractivity contribution in [3.8, 4) is 0 Å². The Labute approximate surface area is 197 Å². The quantitative estimate of drug-likeness (QED) is 0.666. The van der Waals surface area contributed by atoms with E-state index in [1.807, 2.05) is 0 Å². The van der Waals surface area contributed by atoms with Crippen LogP contribution >= 0.6 is 11.8 Å². The highest BCUT2D eigenvalue weighted by Crippen LogP contribution is 2.29. The van der Waals surface area contributed by atoms with Crippen LogP contribution in [0.15, 0.2) is 29.3 Å². The molecular formula is C22H28N4O5S2. The summed E-state index contributed by atoms with van der Waals surface area (Å²) in [6.07, 6.45) is 3.78. The molecule has 0 unspecified atom stereocenters. The fourth-order valence-electron chi connectivity index (χ4n) is 4.29. The number of thioether (sulfide) groups is 1. The zero-order chi connectivity index (χ0) is 23.6. The van der Waals surface area contributed by atoms with Gasteiger partial charge in [0.1, 0.15) is 5.25 Å². The molecule has 0 saturated carbocycles. The summed E-state index contributed by atoms with van der Waals surface area (Å²) < 4.78 is 23.5. The van der Waals surface area contributed by atoms with Crippen LogP contribution in [0.5, 0.6) is 0 Å². The van der Waals surface area contributed by atoms with Gasteiger partial charge in [0, 0.05) is 43.9 Å². The van der Waals surface area contributed by atoms with Gasteiger partial charge in [-0.25, -0.2) is 8.42 Å². The van der Waals surface area contributed by atoms with Crippen molar-refractivity contribution in [1.82, 2.24) is 9.80 Å². The third kappa shape index (κ3) is 5.75. The second-order valence-electron chi connectivity index (χ2n) is 8.69. The number of hydrogen-bond donors (Lipinski definition) is 1. The highest BCUT2D eigenvalue weighted by molar-refractivity contribution is 8.15. The molecule has 1 aromatic rings. The van der Waals surface area contributed by atoms with E-state index in [2.05, 4.69) is 15.2 Å². The summed E-state index contributed by atoms with van der Waals surface area (Å²) in [5, 5.41) is 2.94. The molecule has 11 heteroatoms. The van der Waals surface area contributed by atoms with Crippen molar-refractivity contribution in [1.29, 1.82) is 0 Å². The summed E-state index contributed by atoms with van der Waals surface area (Å²) >= 11 is 1.35. The van der Waals surface area contributed by atoms with Crippen molar-refractivity contribution >= 4 is 50.2 Å². The summed E-state index contributed by atoms with van der Waals surface area (Å²) in [5.41, 5.74) is 0.813. The van der Waals surface area contributed by atoms with Gasteiger partial charge in [-0.3, -0.25) is 14.4 Å². The second kappa shape index (κ2) is 9.84. The summed E-state index contributed by atoms with van der Waals surface area (Å²) in [7, 11) is -1.50. The van der Waals surface area contributed by atoms with Gasteiger partial charge in [0.25, 0.3) is 11.8 Å². The Morgan fingerprint density at radius 3 is 2.70 bits per heavy atom. The van der Waals surface area contributed by atoms with E-state index in [0.717, 1.165) is 25.9 Å². The number of nitrogens with one attached hydrogen (secondary N) is 1. The minimum atomic E-state index is -3.10. The molecular weight excluding hydrogens is 464 g/mol. The van der Waals surface area contributed by atoms with Gasteiger partial charge < -0.3 is 15.1 Å². The van der Waals surface area contributed by atoms with Crippen molar-refractivity contribution < 1.29 is 22.8 Å². The SMILES string of the molecule is CN(C(=O)c1cccc(NC(=O)C[C@H]2SC(N3CCCCC3)=NC2=O)c1)[C@@H]1CCS(=O)(=O)C1. The van der Waals surface area contributed by atoms with Crippen molar-refractivity contribution in [2.45, 2.75) is 43.4 Å². The minimum Gasteiger partial charge on any atom is -0.351 e. The predicted octanol–water partition coefficient (Wildman–Crippen LogP) is 1.76. The fraction of sp³-hybridized carbons (Fsp3) is 0.545. The normalized spacial score (nSPS) is 24.5. The van der Waals surface area contributed by atoms with Crippen LogP contribution in [0.25, 0.3) is 0 Å². The first-order chi connectivity index (χ1) is 15.7. The predicted molar refractivity (Wildman–Crippen MR) is 128 cm³/mol. The number of hydrogen-bond acceptors (Lipinski definition) is 7. The molecule has 1 N–H and O–H groups in total. The van der Waals surface area contributed by atoms with Crippen molar-refractivity contribution in [2.75, 3.05) is 37.0 Å². The third-order valence-electron chi connectivity index (χ3n) is 6.20. The maximum absolute atomic E-state index is 12.8. The van der Waals surface area contributed by atoms with Gasteiger partial charge in [-0.1, -0.05) is 17.8 Å². The van der Waals surface area contributed by atoms with Gasteiger partial charge in [0.15, 0.2) is 15.0 Å². The zero-order valence-electron chi connectivity index (χ0n) is 18.5. The maximum atomic E-state index is 12.8. The molecule has 0 aromatic heterocycles. The van der Waals surface area contributed by atoms with Gasteiger partial charge in [0.2, 0.25) is 5.91 Å². The molecule has 4 rings (SSSR count). The first-order valence-electron chi connectivity index (χ1n) is 11.1. The average Bonchev–Trinajstić information content (AvgIpc) is 3.35. The average molecular weight is 493 g/mol. The number of aliphatic imine (C=N–C) groups is 1. The number of rotatable bonds is 5. The van der Waals surface area contributed by atoms with E-state index in [-0.39, 0.29) is 41.7 Å². The molecule has 9 nitrogen and oxygen atoms in total. The van der Waals surface area contributed by atoms with Crippen molar-refractivity contribution in [2.24, 2.45) is 4.99 Å². The van der Waals surface area contributed by atoms with E-state index >= 15 is 0 Å². The molecule has 3 amide bonds. The first-order valence-corrected chi connectivity index (χ1v) is 13.8. The number of sulfone groups is 1. The van der Waals surface area contributed by atoms with Gasteiger partial charge in [-0.2, -0.15) is 4.99 Å². The third-order valence-corrected chi connectivity index (χ3v) is 9.16. The lowest BCUT2D eigenvalue weighted by atomic mass is 10.1. The number of piperidine rings is 1. The smallest absolute Gasteiger partial charge is 0.262 e. The Morgan fingerprint density at radius 2 is 2.00 bits per heavy atom. The van der Waals surface area contributed by atoms with E-state index in [4.69, 9.17) is 0 Å². The molecule has 0 spiro atoms. The van der Waals surface area contributed by atoms with Gasteiger partial charge in [-0.05, 0) is 43.9 Å². The first kappa shape index (κ1) is 23.7. The lowest BCUT2D eigenvalue weighted by Crippen LogP contribution is -2.37. The Bertz CT molecular complexity index is 1080. The van der Waals surface area contributed by atoms with E-state index in [1.165, 1.54) is 23.1 Å². The van der Waals surface area contributed by atoms with Crippen molar-refractivity contribution in [3.63, 3.8) is 0 Å². The largest absolute Gasteiger partial charge is 0.351 e. The number of amidine groups is 1. The second-order valence-corrected chi connectivity index (χ2v) is 12.1. The highest BCUT2D eigenvalue weighted by Gasteiger charge is 2.34. The summed E-state index contributed by atoms with van der Waals surface area (Å²) in [6, 6.07) is 6.19. The number of carbonyl (C=O) groups excluding carboxylic acids is 3. The minimum absolute atomic E-state index is 0.00233. The Balaban J connectivity index is 1.33. The van der Waals surface area contributed by atoms with E-state index < -0.39 is 15.1 Å². The molecule has 33 heavy (non-hydrogen) atoms. The van der Waals surface area contributed by atoms with E-state index in [0.29, 0.717) is 22.8 Å². The molecule has 1 aromatic carbocycles. The van der Waals surface area contributed by atoms with Crippen LogP contribution in [0, 0.1) is 0 Å². The molecule has 2 fully saturated rings. The number of likely N-dealkylation sites (tertiary alicyclic amines) is 1. The van der Waals surface area contributed by atoms with Crippen molar-refractivity contribution in [3.05, 3.63) is 29.8 Å². The summed E-state index contributed by atoms with van der Waals surface area (Å²) in [5.74, 6) is -0.843. The standard InChI is InChI=1S/C22H28N4O5S2/c1-25(17-8-11-33(30,31)14-17)21(29)15-6-5-7-16(12-15)23-19(27)13-18-20(28)24-22(32-18)26-9-3-2-4-10-26/h5-7,12,17-18H,2-4,8-11,13-14H2,1H3,(H,23,27)/t17-,18-/m1/s1. The number of anilines is 1. The van der Waals surface area contributed by atoms with Crippen LogP contribution in [0.4, 0.5) is 5.69 Å². The lowest BCUT2D eigenvalue weighted by Gasteiger charge is -2.27. The molecule has 0 radical (unpaired) electrons. The molecule has 0 bridgehead atoms. The van der Waals surface area contributed by atoms with Crippen LogP contribution in [0.2, 0.25) is 0 Å². The van der Waals surface area contributed by atoms with Gasteiger partial charge in [-0.15, -0.1) is 0 Å². The lowest BCUT2D eigenvalue weighted by molar-refractivity contribution is -0.121. The van der Waals surface area contributed by atoms with Crippen LogP contribution in [0.1, 0.15) is 42.5 Å². The molecule has 3 aliphatic rings. The fourth-order valence-corrected chi connectivity index (χ4v) is 7.18. The summed E-state index contributed by atoms with van der Waals surface area (Å²) in [6.45, 7) is 1.78. The number of carbonyl (C=O) groups is 3. The van der Waals surface area contributed by atoms with Crippen LogP contribution < -0.4 is 5.32 Å². The van der Waals surface area contributed by atoms with Gasteiger partial charge in [0.05, 0.1) is 11.5 Å². The summed E-state index contributed by atoms with van der Waals surface area (Å²) in [4.78, 5) is 45.5. The van der Waals surface area contributed by atoms with Crippen LogP contribution in [-0.2, 0) is 19.4 Å². The van der Waals surface area contributed by atoms with E-state index in [1.54, 1.807) is 31.3 Å². The molecule has 2 saturated heterocycles. The maximum Gasteiger partial charge on any atom is 0.262 e. The van der Waals surface area contributed by atoms with E-state index in [9.17, 15) is 22.8 Å². The number of amides is 3. The highest BCUT2D eigenvalue weighted by atomic mass is 32.2. The Hall–Kier alpha value is -2.40. The molecule has 178 valence electrons. The molecule has 3 heterocycles. The molecule has 2 atom stereocenters. The zero-order valence-corrected chi connectivity index (χ0v) is 20.2. The number of nitrogens with zero attached hydrogens (tertiary/aromatic N) is 3. The monoisotopic (exact) mass is 492 g/mol. The topological polar surface area (TPSA) is 116 Å². The molecule has 3 aliphatic heterocycles. The van der Waals surface area contributed by atoms with Crippen LogP contribution in [0.3, 0.4) is 0 Å². The van der Waals surface area contributed by atoms with Gasteiger partial charge >= 0.3 is 0 Å².